The molecule has 2 nitrogen and oxygen atoms in total. The Bertz CT molecular complexity index is 572. The summed E-state index contributed by atoms with van der Waals surface area (Å²) >= 11 is 12.1. The summed E-state index contributed by atoms with van der Waals surface area (Å²) in [5, 5.41) is 3.88. The first-order valence-corrected chi connectivity index (χ1v) is 7.16. The molecule has 0 radical (unpaired) electrons. The zero-order valence-corrected chi connectivity index (χ0v) is 12.8. The molecule has 1 aromatic heterocycles. The van der Waals surface area contributed by atoms with Crippen molar-refractivity contribution in [3.8, 4) is 0 Å². The summed E-state index contributed by atoms with van der Waals surface area (Å²) in [7, 11) is 0. The van der Waals surface area contributed by atoms with E-state index in [9.17, 15) is 4.39 Å². The lowest BCUT2D eigenvalue weighted by molar-refractivity contribution is 0.428. The Kier molecular flexibility index (Phi) is 5.08. The summed E-state index contributed by atoms with van der Waals surface area (Å²) in [5.41, 5.74) is 0.583. The van der Waals surface area contributed by atoms with Gasteiger partial charge < -0.3 is 9.73 Å². The van der Waals surface area contributed by atoms with E-state index in [0.717, 1.165) is 12.2 Å². The molecule has 2 unspecified atom stereocenters. The van der Waals surface area contributed by atoms with Crippen LogP contribution < -0.4 is 5.32 Å². The van der Waals surface area contributed by atoms with Crippen molar-refractivity contribution in [1.29, 1.82) is 0 Å². The van der Waals surface area contributed by atoms with E-state index in [1.165, 1.54) is 12.1 Å². The fourth-order valence-electron chi connectivity index (χ4n) is 2.24. The molecule has 108 valence electrons. The standard InChI is InChI=1S/C15H16Cl2FNO/c1-9(8-11-4-3-7-20-11)19-10(2)14-12(16)5-6-13(18)15(14)17/h3-7,9-10,19H,8H2,1-2H3. The van der Waals surface area contributed by atoms with E-state index >= 15 is 0 Å². The highest BCUT2D eigenvalue weighted by Crippen LogP contribution is 2.32. The highest BCUT2D eigenvalue weighted by molar-refractivity contribution is 6.36. The molecule has 5 heteroatoms. The first kappa shape index (κ1) is 15.4. The topological polar surface area (TPSA) is 25.2 Å². The maximum atomic E-state index is 13.5. The molecule has 2 rings (SSSR count). The summed E-state index contributed by atoms with van der Waals surface area (Å²) in [6.45, 7) is 3.94. The molecule has 1 aromatic carbocycles. The van der Waals surface area contributed by atoms with Crippen molar-refractivity contribution in [2.24, 2.45) is 0 Å². The van der Waals surface area contributed by atoms with Crippen LogP contribution in [0.1, 0.15) is 31.2 Å². The van der Waals surface area contributed by atoms with Crippen molar-refractivity contribution in [2.75, 3.05) is 0 Å². The van der Waals surface area contributed by atoms with Gasteiger partial charge in [-0.3, -0.25) is 0 Å². The summed E-state index contributed by atoms with van der Waals surface area (Å²) in [4.78, 5) is 0. The SMILES string of the molecule is CC(Cc1ccco1)NC(C)c1c(Cl)ccc(F)c1Cl. The minimum atomic E-state index is -0.460. The van der Waals surface area contributed by atoms with Gasteiger partial charge in [-0.2, -0.15) is 0 Å². The van der Waals surface area contributed by atoms with Crippen molar-refractivity contribution in [3.63, 3.8) is 0 Å². The number of benzene rings is 1. The van der Waals surface area contributed by atoms with E-state index in [0.29, 0.717) is 10.6 Å². The van der Waals surface area contributed by atoms with Gasteiger partial charge in [0.2, 0.25) is 0 Å². The average Bonchev–Trinajstić information content (AvgIpc) is 2.87. The molecule has 0 bridgehead atoms. The van der Waals surface area contributed by atoms with Gasteiger partial charge in [0.25, 0.3) is 0 Å². The van der Waals surface area contributed by atoms with E-state index in [2.05, 4.69) is 5.32 Å². The minimum absolute atomic E-state index is 0.0719. The minimum Gasteiger partial charge on any atom is -0.469 e. The third kappa shape index (κ3) is 3.54. The van der Waals surface area contributed by atoms with Crippen LogP contribution in [0.25, 0.3) is 0 Å². The molecule has 0 amide bonds. The molecule has 0 fully saturated rings. The van der Waals surface area contributed by atoms with Crippen LogP contribution in [0.3, 0.4) is 0 Å². The van der Waals surface area contributed by atoms with Gasteiger partial charge in [-0.1, -0.05) is 23.2 Å². The second-order valence-electron chi connectivity index (χ2n) is 4.83. The van der Waals surface area contributed by atoms with Crippen LogP contribution in [0, 0.1) is 5.82 Å². The summed E-state index contributed by atoms with van der Waals surface area (Å²) in [6, 6.07) is 6.56. The lowest BCUT2D eigenvalue weighted by atomic mass is 10.1. The monoisotopic (exact) mass is 315 g/mol. The van der Waals surface area contributed by atoms with Crippen molar-refractivity contribution < 1.29 is 8.81 Å². The van der Waals surface area contributed by atoms with Crippen LogP contribution in [-0.4, -0.2) is 6.04 Å². The molecule has 0 spiro atoms. The molecule has 2 aromatic rings. The second kappa shape index (κ2) is 6.61. The number of nitrogens with one attached hydrogen (secondary N) is 1. The lowest BCUT2D eigenvalue weighted by Crippen LogP contribution is -2.31. The Hall–Kier alpha value is -1.03. The molecule has 20 heavy (non-hydrogen) atoms. The Morgan fingerprint density at radius 1 is 1.25 bits per heavy atom. The van der Waals surface area contributed by atoms with E-state index in [4.69, 9.17) is 27.6 Å². The smallest absolute Gasteiger partial charge is 0.142 e. The Morgan fingerprint density at radius 3 is 2.65 bits per heavy atom. The molecule has 2 atom stereocenters. The number of hydrogen-bond acceptors (Lipinski definition) is 2. The zero-order valence-electron chi connectivity index (χ0n) is 11.3. The Balaban J connectivity index is 2.08. The van der Waals surface area contributed by atoms with Crippen LogP contribution >= 0.6 is 23.2 Å². The van der Waals surface area contributed by atoms with Crippen molar-refractivity contribution in [1.82, 2.24) is 5.32 Å². The quantitative estimate of drug-likeness (QED) is 0.785. The maximum absolute atomic E-state index is 13.5. The summed E-state index contributed by atoms with van der Waals surface area (Å²) < 4.78 is 18.8. The van der Waals surface area contributed by atoms with Gasteiger partial charge in [0.15, 0.2) is 0 Å². The second-order valence-corrected chi connectivity index (χ2v) is 5.61. The average molecular weight is 316 g/mol. The number of rotatable bonds is 5. The molecule has 0 saturated heterocycles. The van der Waals surface area contributed by atoms with E-state index in [1.807, 2.05) is 26.0 Å². The van der Waals surface area contributed by atoms with Crippen LogP contribution in [0.15, 0.2) is 34.9 Å². The van der Waals surface area contributed by atoms with Crippen molar-refractivity contribution >= 4 is 23.2 Å². The predicted molar refractivity (Wildman–Crippen MR) is 79.8 cm³/mol. The van der Waals surface area contributed by atoms with E-state index in [1.54, 1.807) is 6.26 Å². The van der Waals surface area contributed by atoms with Crippen molar-refractivity contribution in [2.45, 2.75) is 32.4 Å². The van der Waals surface area contributed by atoms with Crippen LogP contribution in [0.2, 0.25) is 10.0 Å². The fourth-order valence-corrected chi connectivity index (χ4v) is 2.94. The summed E-state index contributed by atoms with van der Waals surface area (Å²) in [5.74, 6) is 0.437. The lowest BCUT2D eigenvalue weighted by Gasteiger charge is -2.21. The van der Waals surface area contributed by atoms with Gasteiger partial charge in [-0.25, -0.2) is 4.39 Å². The van der Waals surface area contributed by atoms with Gasteiger partial charge in [0, 0.05) is 29.1 Å². The molecule has 1 N–H and O–H groups in total. The highest BCUT2D eigenvalue weighted by Gasteiger charge is 2.18. The molecule has 0 aliphatic carbocycles. The van der Waals surface area contributed by atoms with Crippen LogP contribution in [0.5, 0.6) is 0 Å². The van der Waals surface area contributed by atoms with Gasteiger partial charge in [0.05, 0.1) is 11.3 Å². The van der Waals surface area contributed by atoms with Crippen molar-refractivity contribution in [3.05, 3.63) is 57.7 Å². The fraction of sp³-hybridized carbons (Fsp3) is 0.333. The van der Waals surface area contributed by atoms with Gasteiger partial charge in [0.1, 0.15) is 11.6 Å². The van der Waals surface area contributed by atoms with E-state index in [-0.39, 0.29) is 17.1 Å². The molecule has 0 saturated carbocycles. The van der Waals surface area contributed by atoms with Gasteiger partial charge in [-0.15, -0.1) is 0 Å². The molecular formula is C15H16Cl2FNO. The number of hydrogen-bond donors (Lipinski definition) is 1. The first-order valence-electron chi connectivity index (χ1n) is 6.41. The number of halogens is 3. The van der Waals surface area contributed by atoms with Gasteiger partial charge >= 0.3 is 0 Å². The Morgan fingerprint density at radius 2 is 2.00 bits per heavy atom. The third-order valence-corrected chi connectivity index (χ3v) is 3.85. The third-order valence-electron chi connectivity index (χ3n) is 3.13. The van der Waals surface area contributed by atoms with Gasteiger partial charge in [-0.05, 0) is 38.1 Å². The Labute approximate surface area is 127 Å². The molecule has 0 aliphatic rings. The van der Waals surface area contributed by atoms with Crippen LogP contribution in [-0.2, 0) is 6.42 Å². The maximum Gasteiger partial charge on any atom is 0.142 e. The normalized spacial score (nSPS) is 14.2. The van der Waals surface area contributed by atoms with E-state index < -0.39 is 5.82 Å². The number of furan rings is 1. The molecule has 1 heterocycles. The molecule has 0 aliphatic heterocycles. The highest BCUT2D eigenvalue weighted by atomic mass is 35.5. The van der Waals surface area contributed by atoms with Crippen LogP contribution in [0.4, 0.5) is 4.39 Å². The largest absolute Gasteiger partial charge is 0.469 e. The summed E-state index contributed by atoms with van der Waals surface area (Å²) in [6.07, 6.45) is 2.38. The zero-order chi connectivity index (χ0) is 14.7. The predicted octanol–water partition coefficient (Wildman–Crippen LogP) is 5.01. The molecular weight excluding hydrogens is 300 g/mol. The first-order chi connectivity index (χ1) is 9.49.